The van der Waals surface area contributed by atoms with Gasteiger partial charge >= 0.3 is 0 Å². The molecule has 0 aliphatic heterocycles. The average Bonchev–Trinajstić information content (AvgIpc) is 1.63. The lowest BCUT2D eigenvalue weighted by Gasteiger charge is -2.16. The summed E-state index contributed by atoms with van der Waals surface area (Å²) >= 11 is 0. The van der Waals surface area contributed by atoms with Crippen molar-refractivity contribution in [3.8, 4) is 5.92 Å². The average molecular weight is 123 g/mol. The maximum absolute atomic E-state index is 6.66. The summed E-state index contributed by atoms with van der Waals surface area (Å²) in [5, 5.41) is 0. The SMILES string of the molecule is [C]#CCCCC(C)(C)C. The Kier molecular flexibility index (Phi) is 3.39. The summed E-state index contributed by atoms with van der Waals surface area (Å²) in [5.41, 5.74) is 0.427. The van der Waals surface area contributed by atoms with Crippen molar-refractivity contribution in [1.82, 2.24) is 0 Å². The molecular weight excluding hydrogens is 108 g/mol. The second kappa shape index (κ2) is 3.56. The molecule has 0 spiro atoms. The van der Waals surface area contributed by atoms with Crippen molar-refractivity contribution < 1.29 is 0 Å². The maximum Gasteiger partial charge on any atom is 0.00991 e. The van der Waals surface area contributed by atoms with Crippen molar-refractivity contribution in [2.24, 2.45) is 5.41 Å². The fourth-order valence-corrected chi connectivity index (χ4v) is 0.707. The molecule has 0 nitrogen and oxygen atoms in total. The summed E-state index contributed by atoms with van der Waals surface area (Å²) in [4.78, 5) is 0. The van der Waals surface area contributed by atoms with Crippen LogP contribution < -0.4 is 0 Å². The van der Waals surface area contributed by atoms with Crippen molar-refractivity contribution in [2.45, 2.75) is 40.0 Å². The van der Waals surface area contributed by atoms with Crippen LogP contribution in [0.4, 0.5) is 0 Å². The Bertz CT molecular complexity index is 98.2. The lowest BCUT2D eigenvalue weighted by molar-refractivity contribution is 0.368. The van der Waals surface area contributed by atoms with E-state index in [1.807, 2.05) is 0 Å². The van der Waals surface area contributed by atoms with E-state index in [0.29, 0.717) is 5.41 Å². The van der Waals surface area contributed by atoms with Gasteiger partial charge < -0.3 is 0 Å². The predicted octanol–water partition coefficient (Wildman–Crippen LogP) is 2.79. The normalized spacial score (nSPS) is 10.9. The molecule has 0 atom stereocenters. The van der Waals surface area contributed by atoms with Gasteiger partial charge in [-0.1, -0.05) is 26.7 Å². The van der Waals surface area contributed by atoms with Gasteiger partial charge in [0.05, 0.1) is 0 Å². The van der Waals surface area contributed by atoms with Gasteiger partial charge in [-0.15, -0.1) is 0 Å². The molecule has 0 heteroatoms. The van der Waals surface area contributed by atoms with Crippen LogP contribution in [0.15, 0.2) is 0 Å². The zero-order valence-electron chi connectivity index (χ0n) is 6.62. The molecule has 0 aliphatic carbocycles. The van der Waals surface area contributed by atoms with E-state index in [1.54, 1.807) is 0 Å². The van der Waals surface area contributed by atoms with Crippen LogP contribution in [0.3, 0.4) is 0 Å². The molecule has 0 saturated heterocycles. The summed E-state index contributed by atoms with van der Waals surface area (Å²) in [5.74, 6) is 2.39. The summed E-state index contributed by atoms with van der Waals surface area (Å²) < 4.78 is 0. The summed E-state index contributed by atoms with van der Waals surface area (Å²) in [7, 11) is 0. The molecule has 0 rings (SSSR count). The molecule has 1 radical (unpaired) electrons. The second-order valence-electron chi connectivity index (χ2n) is 3.59. The molecule has 0 aromatic heterocycles. The molecule has 51 valence electrons. The van der Waals surface area contributed by atoms with Gasteiger partial charge in [-0.2, -0.15) is 0 Å². The Morgan fingerprint density at radius 1 is 1.33 bits per heavy atom. The third kappa shape index (κ3) is 7.56. The third-order valence-electron chi connectivity index (χ3n) is 1.23. The van der Waals surface area contributed by atoms with Gasteiger partial charge in [-0.3, -0.25) is 0 Å². The van der Waals surface area contributed by atoms with Crippen LogP contribution in [0.1, 0.15) is 40.0 Å². The monoisotopic (exact) mass is 123 g/mol. The minimum atomic E-state index is 0.427. The molecule has 0 saturated carbocycles. The summed E-state index contributed by atoms with van der Waals surface area (Å²) in [6.45, 7) is 6.66. The van der Waals surface area contributed by atoms with Crippen LogP contribution in [0.2, 0.25) is 0 Å². The molecule has 0 heterocycles. The van der Waals surface area contributed by atoms with Gasteiger partial charge in [0.15, 0.2) is 0 Å². The van der Waals surface area contributed by atoms with Gasteiger partial charge in [0.25, 0.3) is 0 Å². The minimum absolute atomic E-state index is 0.427. The molecule has 0 N–H and O–H groups in total. The molecule has 0 aromatic rings. The van der Waals surface area contributed by atoms with E-state index in [4.69, 9.17) is 6.42 Å². The highest BCUT2D eigenvalue weighted by molar-refractivity contribution is 4.76. The molecule has 0 bridgehead atoms. The first-order valence-electron chi connectivity index (χ1n) is 3.46. The zero-order chi connectivity index (χ0) is 7.33. The van der Waals surface area contributed by atoms with E-state index in [9.17, 15) is 0 Å². The molecule has 0 aromatic carbocycles. The molecular formula is C9H15. The third-order valence-corrected chi connectivity index (χ3v) is 1.23. The number of rotatable bonds is 2. The maximum atomic E-state index is 6.66. The number of unbranched alkanes of at least 4 members (excludes halogenated alkanes) is 1. The first-order valence-corrected chi connectivity index (χ1v) is 3.46. The van der Waals surface area contributed by atoms with E-state index < -0.39 is 0 Å². The van der Waals surface area contributed by atoms with E-state index in [2.05, 4.69) is 26.7 Å². The molecule has 0 unspecified atom stereocenters. The lowest BCUT2D eigenvalue weighted by atomic mass is 9.90. The quantitative estimate of drug-likeness (QED) is 0.391. The minimum Gasteiger partial charge on any atom is -0.0891 e. The Balaban J connectivity index is 3.20. The van der Waals surface area contributed by atoms with Crippen LogP contribution in [0.25, 0.3) is 0 Å². The van der Waals surface area contributed by atoms with Crippen molar-refractivity contribution in [1.29, 1.82) is 0 Å². The van der Waals surface area contributed by atoms with Gasteiger partial charge in [-0.05, 0) is 24.7 Å². The Morgan fingerprint density at radius 3 is 2.22 bits per heavy atom. The van der Waals surface area contributed by atoms with Crippen LogP contribution in [-0.2, 0) is 0 Å². The lowest BCUT2D eigenvalue weighted by Crippen LogP contribution is -2.03. The van der Waals surface area contributed by atoms with Crippen LogP contribution >= 0.6 is 0 Å². The first-order chi connectivity index (χ1) is 4.06. The van der Waals surface area contributed by atoms with E-state index in [1.165, 1.54) is 6.42 Å². The topological polar surface area (TPSA) is 0 Å². The molecule has 0 fully saturated rings. The molecule has 9 heavy (non-hydrogen) atoms. The van der Waals surface area contributed by atoms with Crippen molar-refractivity contribution in [3.05, 3.63) is 6.42 Å². The van der Waals surface area contributed by atoms with Crippen molar-refractivity contribution >= 4 is 0 Å². The van der Waals surface area contributed by atoms with Gasteiger partial charge in [0.1, 0.15) is 0 Å². The number of hydrogen-bond donors (Lipinski definition) is 0. The van der Waals surface area contributed by atoms with E-state index in [0.717, 1.165) is 12.8 Å². The van der Waals surface area contributed by atoms with Crippen LogP contribution in [-0.4, -0.2) is 0 Å². The smallest absolute Gasteiger partial charge is 0.00991 e. The zero-order valence-corrected chi connectivity index (χ0v) is 6.62. The van der Waals surface area contributed by atoms with E-state index >= 15 is 0 Å². The van der Waals surface area contributed by atoms with Crippen molar-refractivity contribution in [3.63, 3.8) is 0 Å². The van der Waals surface area contributed by atoms with Crippen molar-refractivity contribution in [2.75, 3.05) is 0 Å². The van der Waals surface area contributed by atoms with Crippen LogP contribution in [0.5, 0.6) is 0 Å². The van der Waals surface area contributed by atoms with Gasteiger partial charge in [0.2, 0.25) is 0 Å². The Labute approximate surface area is 58.7 Å². The highest BCUT2D eigenvalue weighted by atomic mass is 14.1. The van der Waals surface area contributed by atoms with Gasteiger partial charge in [0, 0.05) is 6.42 Å². The largest absolute Gasteiger partial charge is 0.0891 e. The highest BCUT2D eigenvalue weighted by Gasteiger charge is 2.07. The summed E-state index contributed by atoms with van der Waals surface area (Å²) in [6.07, 6.45) is 9.77. The molecule has 0 amide bonds. The fraction of sp³-hybridized carbons (Fsp3) is 0.778. The predicted molar refractivity (Wildman–Crippen MR) is 40.4 cm³/mol. The number of hydrogen-bond acceptors (Lipinski definition) is 0. The molecule has 0 aliphatic rings. The fourth-order valence-electron chi connectivity index (χ4n) is 0.707. The standard InChI is InChI=1S/C9H15/c1-5-6-7-8-9(2,3)4/h6-8H2,2-4H3. The first kappa shape index (κ1) is 8.56. The second-order valence-corrected chi connectivity index (χ2v) is 3.59. The highest BCUT2D eigenvalue weighted by Crippen LogP contribution is 2.20. The summed E-state index contributed by atoms with van der Waals surface area (Å²) in [6, 6.07) is 0. The van der Waals surface area contributed by atoms with Gasteiger partial charge in [-0.25, -0.2) is 0 Å². The Morgan fingerprint density at radius 2 is 1.89 bits per heavy atom. The van der Waals surface area contributed by atoms with Crippen LogP contribution in [0, 0.1) is 17.8 Å². The Hall–Kier alpha value is -0.440. The van der Waals surface area contributed by atoms with E-state index in [-0.39, 0.29) is 0 Å².